The second-order valence-corrected chi connectivity index (χ2v) is 7.04. The fourth-order valence-corrected chi connectivity index (χ4v) is 3.45. The van der Waals surface area contributed by atoms with Gasteiger partial charge in [0.1, 0.15) is 5.82 Å². The highest BCUT2D eigenvalue weighted by molar-refractivity contribution is 6.03. The van der Waals surface area contributed by atoms with Crippen LogP contribution in [0.5, 0.6) is 0 Å². The van der Waals surface area contributed by atoms with Gasteiger partial charge in [-0.1, -0.05) is 0 Å². The molecule has 10 heteroatoms. The molecule has 0 radical (unpaired) electrons. The largest absolute Gasteiger partial charge is 0.324 e. The van der Waals surface area contributed by atoms with Crippen molar-refractivity contribution in [1.29, 1.82) is 0 Å². The minimum atomic E-state index is -1.02. The molecule has 2 heterocycles. The number of benzene rings is 2. The van der Waals surface area contributed by atoms with Crippen LogP contribution in [0.3, 0.4) is 0 Å². The van der Waals surface area contributed by atoms with Crippen molar-refractivity contribution in [2.75, 3.05) is 16.8 Å². The zero-order valence-electron chi connectivity index (χ0n) is 16.0. The Morgan fingerprint density at radius 1 is 1.06 bits per heavy atom. The first-order chi connectivity index (χ1) is 14.8. The monoisotopic (exact) mass is 426 g/mol. The molecule has 0 aliphatic carbocycles. The standard InChI is InChI=1S/C21H16F2N4O4/c22-16-5-3-14(25-7-1-2-8-25)10-18(16)24-21(29)13-9-20(28)26(12-13)15-4-6-17(23)19(11-15)27(30)31/h1-8,10-11,13H,9,12H2,(H,24,29). The predicted molar refractivity (Wildman–Crippen MR) is 108 cm³/mol. The third-order valence-corrected chi connectivity index (χ3v) is 5.04. The van der Waals surface area contributed by atoms with Crippen molar-refractivity contribution in [3.05, 3.63) is 82.7 Å². The van der Waals surface area contributed by atoms with Crippen molar-refractivity contribution in [2.45, 2.75) is 6.42 Å². The highest BCUT2D eigenvalue weighted by atomic mass is 19.1. The van der Waals surface area contributed by atoms with Gasteiger partial charge in [-0.2, -0.15) is 4.39 Å². The smallest absolute Gasteiger partial charge is 0.306 e. The number of carbonyl (C=O) groups excluding carboxylic acids is 2. The molecule has 1 aliphatic heterocycles. The first-order valence-electron chi connectivity index (χ1n) is 9.31. The number of aromatic nitrogens is 1. The molecule has 0 spiro atoms. The highest BCUT2D eigenvalue weighted by Crippen LogP contribution is 2.30. The topological polar surface area (TPSA) is 97.5 Å². The second kappa shape index (κ2) is 7.98. The van der Waals surface area contributed by atoms with Crippen LogP contribution >= 0.6 is 0 Å². The van der Waals surface area contributed by atoms with Crippen molar-refractivity contribution < 1.29 is 23.3 Å². The molecule has 1 atom stereocenters. The van der Waals surface area contributed by atoms with Gasteiger partial charge < -0.3 is 14.8 Å². The number of nitro groups is 1. The summed E-state index contributed by atoms with van der Waals surface area (Å²) >= 11 is 0. The number of nitro benzene ring substituents is 1. The fraction of sp³-hybridized carbons (Fsp3) is 0.143. The molecule has 8 nitrogen and oxygen atoms in total. The summed E-state index contributed by atoms with van der Waals surface area (Å²) in [5.41, 5.74) is -0.0275. The quantitative estimate of drug-likeness (QED) is 0.497. The molecular weight excluding hydrogens is 410 g/mol. The summed E-state index contributed by atoms with van der Waals surface area (Å²) in [6.45, 7) is -0.0631. The van der Waals surface area contributed by atoms with Crippen LogP contribution in [-0.2, 0) is 9.59 Å². The van der Waals surface area contributed by atoms with Crippen LogP contribution in [0.2, 0.25) is 0 Å². The van der Waals surface area contributed by atoms with E-state index in [4.69, 9.17) is 0 Å². The average Bonchev–Trinajstić information content (AvgIpc) is 3.40. The van der Waals surface area contributed by atoms with E-state index in [1.54, 1.807) is 35.2 Å². The van der Waals surface area contributed by atoms with Gasteiger partial charge in [0.25, 0.3) is 0 Å². The number of nitrogens with one attached hydrogen (secondary N) is 1. The molecule has 3 aromatic rings. The molecule has 1 aromatic heterocycles. The van der Waals surface area contributed by atoms with Crippen LogP contribution in [0.1, 0.15) is 6.42 Å². The van der Waals surface area contributed by atoms with E-state index in [2.05, 4.69) is 5.32 Å². The fourth-order valence-electron chi connectivity index (χ4n) is 3.45. The van der Waals surface area contributed by atoms with Crippen LogP contribution in [-0.4, -0.2) is 27.8 Å². The number of halogens is 2. The molecule has 1 N–H and O–H groups in total. The third kappa shape index (κ3) is 4.00. The van der Waals surface area contributed by atoms with Gasteiger partial charge in [0.15, 0.2) is 0 Å². The van der Waals surface area contributed by atoms with Gasteiger partial charge in [0, 0.05) is 37.1 Å². The maximum absolute atomic E-state index is 14.2. The number of carbonyl (C=O) groups is 2. The van der Waals surface area contributed by atoms with E-state index in [9.17, 15) is 28.5 Å². The lowest BCUT2D eigenvalue weighted by Crippen LogP contribution is -2.28. The third-order valence-electron chi connectivity index (χ3n) is 5.04. The SMILES string of the molecule is O=C(Nc1cc(-n2cccc2)ccc1F)C1CC(=O)N(c2ccc(F)c([N+](=O)[O-])c2)C1. The molecule has 2 amide bonds. The Balaban J connectivity index is 1.51. The average molecular weight is 426 g/mol. The number of hydrogen-bond acceptors (Lipinski definition) is 4. The number of hydrogen-bond donors (Lipinski definition) is 1. The van der Waals surface area contributed by atoms with Crippen LogP contribution in [0.4, 0.5) is 25.8 Å². The lowest BCUT2D eigenvalue weighted by Gasteiger charge is -2.17. The van der Waals surface area contributed by atoms with E-state index < -0.39 is 40.0 Å². The molecule has 1 fully saturated rings. The van der Waals surface area contributed by atoms with Crippen LogP contribution in [0.15, 0.2) is 60.9 Å². The Morgan fingerprint density at radius 3 is 2.45 bits per heavy atom. The van der Waals surface area contributed by atoms with Crippen LogP contribution in [0.25, 0.3) is 5.69 Å². The van der Waals surface area contributed by atoms with E-state index in [0.29, 0.717) is 5.69 Å². The minimum absolute atomic E-state index is 0.0282. The second-order valence-electron chi connectivity index (χ2n) is 7.04. The summed E-state index contributed by atoms with van der Waals surface area (Å²) in [7, 11) is 0. The Hall–Kier alpha value is -4.08. The number of rotatable bonds is 5. The maximum Gasteiger partial charge on any atom is 0.306 e. The van der Waals surface area contributed by atoms with Crippen molar-refractivity contribution in [1.82, 2.24) is 4.57 Å². The molecule has 4 rings (SSSR count). The Kier molecular flexibility index (Phi) is 5.20. The molecule has 2 aromatic carbocycles. The lowest BCUT2D eigenvalue weighted by atomic mass is 10.1. The van der Waals surface area contributed by atoms with Gasteiger partial charge in [-0.15, -0.1) is 0 Å². The van der Waals surface area contributed by atoms with Crippen LogP contribution < -0.4 is 10.2 Å². The van der Waals surface area contributed by atoms with E-state index >= 15 is 0 Å². The maximum atomic E-state index is 14.2. The molecule has 0 bridgehead atoms. The summed E-state index contributed by atoms with van der Waals surface area (Å²) in [4.78, 5) is 36.3. The molecular formula is C21H16F2N4O4. The molecule has 31 heavy (non-hydrogen) atoms. The van der Waals surface area contributed by atoms with E-state index in [-0.39, 0.29) is 24.3 Å². The van der Waals surface area contributed by atoms with Crippen molar-refractivity contribution >= 4 is 28.9 Å². The predicted octanol–water partition coefficient (Wildman–Crippen LogP) is 3.66. The van der Waals surface area contributed by atoms with E-state index in [0.717, 1.165) is 12.1 Å². The van der Waals surface area contributed by atoms with Gasteiger partial charge >= 0.3 is 5.69 Å². The zero-order chi connectivity index (χ0) is 22.1. The molecule has 0 saturated carbocycles. The normalized spacial score (nSPS) is 15.9. The summed E-state index contributed by atoms with van der Waals surface area (Å²) in [5, 5.41) is 13.5. The molecule has 1 saturated heterocycles. The summed E-state index contributed by atoms with van der Waals surface area (Å²) in [6.07, 6.45) is 3.39. The van der Waals surface area contributed by atoms with Gasteiger partial charge in [0.2, 0.25) is 17.6 Å². The lowest BCUT2D eigenvalue weighted by molar-refractivity contribution is -0.387. The Bertz CT molecular complexity index is 1180. The Morgan fingerprint density at radius 2 is 1.74 bits per heavy atom. The molecule has 1 unspecified atom stereocenters. The first kappa shape index (κ1) is 20.2. The van der Waals surface area contributed by atoms with Gasteiger partial charge in [-0.3, -0.25) is 19.7 Å². The van der Waals surface area contributed by atoms with Crippen molar-refractivity contribution in [3.63, 3.8) is 0 Å². The zero-order valence-corrected chi connectivity index (χ0v) is 16.0. The van der Waals surface area contributed by atoms with Gasteiger partial charge in [-0.25, -0.2) is 4.39 Å². The van der Waals surface area contributed by atoms with Gasteiger partial charge in [-0.05, 0) is 42.5 Å². The number of anilines is 2. The summed E-state index contributed by atoms with van der Waals surface area (Å²) in [5.74, 6) is -3.45. The van der Waals surface area contributed by atoms with Gasteiger partial charge in [0.05, 0.1) is 22.2 Å². The summed E-state index contributed by atoms with van der Waals surface area (Å²) in [6, 6.07) is 11.0. The van der Waals surface area contributed by atoms with E-state index in [1.807, 2.05) is 0 Å². The number of amides is 2. The number of nitrogens with zero attached hydrogens (tertiary/aromatic N) is 3. The van der Waals surface area contributed by atoms with Crippen LogP contribution in [0, 0.1) is 27.7 Å². The first-order valence-corrected chi connectivity index (χ1v) is 9.31. The minimum Gasteiger partial charge on any atom is -0.324 e. The Labute approximate surface area is 174 Å². The highest BCUT2D eigenvalue weighted by Gasteiger charge is 2.36. The molecule has 158 valence electrons. The van der Waals surface area contributed by atoms with Crippen molar-refractivity contribution in [3.8, 4) is 5.69 Å². The van der Waals surface area contributed by atoms with Crippen molar-refractivity contribution in [2.24, 2.45) is 5.92 Å². The van der Waals surface area contributed by atoms with E-state index in [1.165, 1.54) is 23.1 Å². The molecule has 1 aliphatic rings. The summed E-state index contributed by atoms with van der Waals surface area (Å²) < 4.78 is 29.6.